The third-order valence-corrected chi connectivity index (χ3v) is 5.43. The summed E-state index contributed by atoms with van der Waals surface area (Å²) >= 11 is 0. The van der Waals surface area contributed by atoms with Gasteiger partial charge in [0.15, 0.2) is 0 Å². The molecule has 2 aromatic rings. The van der Waals surface area contributed by atoms with E-state index in [-0.39, 0.29) is 19.0 Å². The molecule has 2 aromatic carbocycles. The number of amides is 1. The number of nitrogens with two attached hydrogens (primary N) is 1. The second-order valence-corrected chi connectivity index (χ2v) is 7.74. The predicted molar refractivity (Wildman–Crippen MR) is 126 cm³/mol. The number of aliphatic imine (C=N–C) groups is 1. The number of aryl methyl sites for hydroxylation is 1. The first-order valence-electron chi connectivity index (χ1n) is 10.6. The van der Waals surface area contributed by atoms with Gasteiger partial charge in [-0.25, -0.2) is 0 Å². The van der Waals surface area contributed by atoms with Gasteiger partial charge >= 0.3 is 5.97 Å². The van der Waals surface area contributed by atoms with Crippen molar-refractivity contribution in [3.63, 3.8) is 0 Å². The number of amidine groups is 1. The molecule has 0 saturated carbocycles. The third kappa shape index (κ3) is 5.67. The van der Waals surface area contributed by atoms with Crippen LogP contribution in [0.25, 0.3) is 0 Å². The number of nitrogens with zero attached hydrogens (tertiary/aromatic N) is 3. The Morgan fingerprint density at radius 2 is 1.94 bits per heavy atom. The van der Waals surface area contributed by atoms with E-state index < -0.39 is 5.97 Å². The van der Waals surface area contributed by atoms with Crippen molar-refractivity contribution in [3.05, 3.63) is 64.7 Å². The van der Waals surface area contributed by atoms with Gasteiger partial charge in [-0.3, -0.25) is 14.6 Å². The molecule has 0 unspecified atom stereocenters. The summed E-state index contributed by atoms with van der Waals surface area (Å²) in [5.74, 6) is 5.64. The van der Waals surface area contributed by atoms with E-state index in [1.165, 1.54) is 0 Å². The summed E-state index contributed by atoms with van der Waals surface area (Å²) in [5.41, 5.74) is 9.69. The Balaban J connectivity index is 1.76. The summed E-state index contributed by atoms with van der Waals surface area (Å²) in [6, 6.07) is 12.8. The normalized spacial score (nSPS) is 13.4. The van der Waals surface area contributed by atoms with Crippen molar-refractivity contribution in [3.8, 4) is 11.8 Å². The molecule has 1 fully saturated rings. The average molecular weight is 433 g/mol. The number of hydrogen-bond donors (Lipinski definition) is 2. The lowest BCUT2D eigenvalue weighted by Gasteiger charge is -2.20. The molecule has 0 aliphatic carbocycles. The first kappa shape index (κ1) is 22.9. The number of rotatable bonds is 6. The fourth-order valence-electron chi connectivity index (χ4n) is 3.70. The Bertz CT molecular complexity index is 1090. The molecule has 3 N–H and O–H groups in total. The number of anilines is 1. The minimum absolute atomic E-state index is 0.0712. The third-order valence-electron chi connectivity index (χ3n) is 5.43. The fraction of sp³-hybridized carbons (Fsp3) is 0.320. The van der Waals surface area contributed by atoms with Gasteiger partial charge in [-0.15, -0.1) is 0 Å². The summed E-state index contributed by atoms with van der Waals surface area (Å²) in [4.78, 5) is 31.6. The monoisotopic (exact) mass is 432 g/mol. The fourth-order valence-corrected chi connectivity index (χ4v) is 3.70. The molecule has 0 radical (unpaired) electrons. The second-order valence-electron chi connectivity index (χ2n) is 7.74. The van der Waals surface area contributed by atoms with Crippen molar-refractivity contribution in [1.82, 2.24) is 4.90 Å². The zero-order valence-electron chi connectivity index (χ0n) is 18.5. The Labute approximate surface area is 188 Å². The molecule has 0 bridgehead atoms. The first-order chi connectivity index (χ1) is 15.4. The van der Waals surface area contributed by atoms with Crippen LogP contribution in [0, 0.1) is 18.8 Å². The molecule has 1 saturated heterocycles. The highest BCUT2D eigenvalue weighted by Crippen LogP contribution is 2.18. The molecule has 0 atom stereocenters. The summed E-state index contributed by atoms with van der Waals surface area (Å²) < 4.78 is 0. The van der Waals surface area contributed by atoms with Crippen LogP contribution in [0.1, 0.15) is 39.9 Å². The molecule has 3 rings (SSSR count). The van der Waals surface area contributed by atoms with Gasteiger partial charge in [-0.1, -0.05) is 24.0 Å². The maximum atomic E-state index is 12.6. The summed E-state index contributed by atoms with van der Waals surface area (Å²) in [6.45, 7) is 3.58. The van der Waals surface area contributed by atoms with E-state index in [1.54, 1.807) is 18.0 Å². The maximum absolute atomic E-state index is 12.6. The van der Waals surface area contributed by atoms with Gasteiger partial charge in [-0.2, -0.15) is 0 Å². The number of carbonyl (C=O) groups is 2. The Hall–Kier alpha value is -3.79. The molecular formula is C25H28N4O3. The van der Waals surface area contributed by atoms with Gasteiger partial charge in [-0.05, 0) is 55.7 Å². The largest absolute Gasteiger partial charge is 0.480 e. The van der Waals surface area contributed by atoms with Crippen molar-refractivity contribution in [2.24, 2.45) is 10.7 Å². The molecule has 0 spiro atoms. The van der Waals surface area contributed by atoms with Crippen molar-refractivity contribution < 1.29 is 14.7 Å². The van der Waals surface area contributed by atoms with Crippen LogP contribution in [0.15, 0.2) is 47.5 Å². The van der Waals surface area contributed by atoms with Crippen molar-refractivity contribution >= 4 is 23.4 Å². The molecule has 1 heterocycles. The van der Waals surface area contributed by atoms with E-state index in [1.807, 2.05) is 48.2 Å². The van der Waals surface area contributed by atoms with Crippen molar-refractivity contribution in [2.75, 3.05) is 38.1 Å². The van der Waals surface area contributed by atoms with E-state index >= 15 is 0 Å². The Morgan fingerprint density at radius 3 is 2.59 bits per heavy atom. The topological polar surface area (TPSA) is 99.2 Å². The molecular weight excluding hydrogens is 404 g/mol. The van der Waals surface area contributed by atoms with Gasteiger partial charge in [0, 0.05) is 42.5 Å². The molecule has 32 heavy (non-hydrogen) atoms. The summed E-state index contributed by atoms with van der Waals surface area (Å²) in [6.07, 6.45) is 2.11. The summed E-state index contributed by atoms with van der Waals surface area (Å²) in [7, 11) is 1.61. The van der Waals surface area contributed by atoms with Crippen LogP contribution in [0.3, 0.4) is 0 Å². The molecule has 7 nitrogen and oxygen atoms in total. The quantitative estimate of drug-likeness (QED) is 0.415. The number of aliphatic carboxylic acids is 1. The van der Waals surface area contributed by atoms with E-state index in [2.05, 4.69) is 16.8 Å². The van der Waals surface area contributed by atoms with E-state index in [0.717, 1.165) is 42.6 Å². The highest BCUT2D eigenvalue weighted by atomic mass is 16.4. The molecule has 0 aromatic heterocycles. The lowest BCUT2D eigenvalue weighted by atomic mass is 10.0. The number of benzene rings is 2. The molecule has 1 amide bonds. The summed E-state index contributed by atoms with van der Waals surface area (Å²) in [5, 5.41) is 9.32. The molecule has 7 heteroatoms. The Morgan fingerprint density at radius 1 is 1.19 bits per heavy atom. The molecule has 1 aliphatic rings. The number of carbonyl (C=O) groups excluding carboxylic acids is 1. The first-order valence-corrected chi connectivity index (χ1v) is 10.6. The lowest BCUT2D eigenvalue weighted by molar-refractivity contribution is -0.135. The minimum Gasteiger partial charge on any atom is -0.480 e. The lowest BCUT2D eigenvalue weighted by Crippen LogP contribution is -2.30. The van der Waals surface area contributed by atoms with E-state index in [4.69, 9.17) is 5.73 Å². The average Bonchev–Trinajstić information content (AvgIpc) is 3.32. The number of carboxylic acids is 1. The number of hydrogen-bond acceptors (Lipinski definition) is 4. The van der Waals surface area contributed by atoms with Crippen molar-refractivity contribution in [2.45, 2.75) is 19.8 Å². The zero-order chi connectivity index (χ0) is 23.1. The zero-order valence-corrected chi connectivity index (χ0v) is 18.5. The van der Waals surface area contributed by atoms with E-state index in [0.29, 0.717) is 17.1 Å². The standard InChI is InChI=1S/C25H28N4O3/c1-18-15-19(10-11-22(18)25(32)28-12-3-4-13-28)7-6-14-29(17-23(30)31)21-9-5-8-20(16-21)24(26)27-2/h5,8-11,15-16H,3-4,12-14,17H2,1-2H3,(H2,26,27)(H,30,31). The predicted octanol–water partition coefficient (Wildman–Crippen LogP) is 2.51. The molecule has 1 aliphatic heterocycles. The maximum Gasteiger partial charge on any atom is 0.323 e. The number of likely N-dealkylation sites (tertiary alicyclic amines) is 1. The highest BCUT2D eigenvalue weighted by molar-refractivity contribution is 5.98. The van der Waals surface area contributed by atoms with Gasteiger partial charge in [0.2, 0.25) is 0 Å². The van der Waals surface area contributed by atoms with Crippen LogP contribution in [0.2, 0.25) is 0 Å². The van der Waals surface area contributed by atoms with Crippen LogP contribution in [0.4, 0.5) is 5.69 Å². The van der Waals surface area contributed by atoms with E-state index in [9.17, 15) is 14.7 Å². The molecule has 166 valence electrons. The van der Waals surface area contributed by atoms with Crippen LogP contribution in [-0.2, 0) is 4.79 Å². The smallest absolute Gasteiger partial charge is 0.323 e. The second kappa shape index (κ2) is 10.5. The van der Waals surface area contributed by atoms with Crippen molar-refractivity contribution in [1.29, 1.82) is 0 Å². The Kier molecular flexibility index (Phi) is 7.50. The van der Waals surface area contributed by atoms with Gasteiger partial charge < -0.3 is 20.6 Å². The van der Waals surface area contributed by atoms with Crippen LogP contribution in [0.5, 0.6) is 0 Å². The van der Waals surface area contributed by atoms with Gasteiger partial charge in [0.25, 0.3) is 5.91 Å². The van der Waals surface area contributed by atoms with Crippen LogP contribution >= 0.6 is 0 Å². The van der Waals surface area contributed by atoms with Gasteiger partial charge in [0.1, 0.15) is 12.4 Å². The SMILES string of the molecule is CN=C(N)c1cccc(N(CC#Cc2ccc(C(=O)N3CCCC3)c(C)c2)CC(=O)O)c1. The van der Waals surface area contributed by atoms with Crippen LogP contribution < -0.4 is 10.6 Å². The van der Waals surface area contributed by atoms with Crippen LogP contribution in [-0.4, -0.2) is 60.9 Å². The minimum atomic E-state index is -0.949. The number of carboxylic acid groups (broad SMARTS) is 1. The van der Waals surface area contributed by atoms with Gasteiger partial charge in [0.05, 0.1) is 6.54 Å². The highest BCUT2D eigenvalue weighted by Gasteiger charge is 2.20.